The van der Waals surface area contributed by atoms with Crippen molar-refractivity contribution in [1.82, 2.24) is 10.3 Å². The van der Waals surface area contributed by atoms with Crippen LogP contribution in [0.5, 0.6) is 5.88 Å². The summed E-state index contributed by atoms with van der Waals surface area (Å²) in [6, 6.07) is 11.2. The van der Waals surface area contributed by atoms with Crippen LogP contribution in [0, 0.1) is 0 Å². The molecule has 1 amide bonds. The minimum Gasteiger partial charge on any atom is -0.478 e. The number of ether oxygens (including phenoxy) is 1. The van der Waals surface area contributed by atoms with E-state index in [4.69, 9.17) is 4.74 Å². The molecule has 0 spiro atoms. The van der Waals surface area contributed by atoms with Gasteiger partial charge in [0.1, 0.15) is 0 Å². The van der Waals surface area contributed by atoms with E-state index in [1.165, 1.54) is 0 Å². The molecule has 1 aromatic heterocycles. The van der Waals surface area contributed by atoms with Gasteiger partial charge in [0.25, 0.3) is 5.91 Å². The lowest BCUT2D eigenvalue weighted by atomic mass is 10.1. The van der Waals surface area contributed by atoms with E-state index in [1.54, 1.807) is 13.2 Å². The molecular weight excluding hydrogens is 266 g/mol. The lowest BCUT2D eigenvalue weighted by Gasteiger charge is -2.08. The maximum Gasteiger partial charge on any atom is 0.251 e. The van der Waals surface area contributed by atoms with Gasteiger partial charge in [-0.1, -0.05) is 12.1 Å². The van der Waals surface area contributed by atoms with Gasteiger partial charge in [-0.25, -0.2) is 4.98 Å². The second kappa shape index (κ2) is 7.28. The van der Waals surface area contributed by atoms with Crippen molar-refractivity contribution >= 4 is 11.6 Å². The number of anilines is 1. The second-order valence-electron chi connectivity index (χ2n) is 4.45. The first kappa shape index (κ1) is 14.8. The van der Waals surface area contributed by atoms with Crippen LogP contribution in [-0.4, -0.2) is 24.5 Å². The highest BCUT2D eigenvalue weighted by atomic mass is 16.5. The van der Waals surface area contributed by atoms with E-state index in [0.717, 1.165) is 11.3 Å². The molecule has 0 fully saturated rings. The van der Waals surface area contributed by atoms with E-state index in [1.807, 2.05) is 43.3 Å². The Morgan fingerprint density at radius 1 is 1.19 bits per heavy atom. The summed E-state index contributed by atoms with van der Waals surface area (Å²) >= 11 is 0. The van der Waals surface area contributed by atoms with Gasteiger partial charge in [0, 0.05) is 25.2 Å². The predicted molar refractivity (Wildman–Crippen MR) is 82.6 cm³/mol. The van der Waals surface area contributed by atoms with E-state index in [-0.39, 0.29) is 5.91 Å². The molecule has 0 radical (unpaired) electrons. The zero-order chi connectivity index (χ0) is 15.1. The fraction of sp³-hybridized carbons (Fsp3) is 0.250. The molecule has 5 heteroatoms. The van der Waals surface area contributed by atoms with Crippen molar-refractivity contribution < 1.29 is 9.53 Å². The van der Waals surface area contributed by atoms with Crippen molar-refractivity contribution in [2.75, 3.05) is 19.0 Å². The Balaban J connectivity index is 1.91. The summed E-state index contributed by atoms with van der Waals surface area (Å²) in [5, 5.41) is 5.87. The lowest BCUT2D eigenvalue weighted by molar-refractivity contribution is 0.0963. The molecule has 0 aliphatic rings. The summed E-state index contributed by atoms with van der Waals surface area (Å²) in [6.07, 6.45) is 1.74. The minimum atomic E-state index is -0.0785. The van der Waals surface area contributed by atoms with Gasteiger partial charge in [0.05, 0.1) is 18.5 Å². The van der Waals surface area contributed by atoms with Crippen LogP contribution < -0.4 is 15.4 Å². The molecule has 0 saturated carbocycles. The third-order valence-electron chi connectivity index (χ3n) is 2.97. The van der Waals surface area contributed by atoms with Crippen molar-refractivity contribution in [1.29, 1.82) is 0 Å². The maximum absolute atomic E-state index is 11.4. The maximum atomic E-state index is 11.4. The number of hydrogen-bond acceptors (Lipinski definition) is 4. The number of hydrogen-bond donors (Lipinski definition) is 2. The highest BCUT2D eigenvalue weighted by molar-refractivity contribution is 5.93. The number of benzene rings is 1. The number of carbonyl (C=O) groups is 1. The fourth-order valence-electron chi connectivity index (χ4n) is 1.84. The number of nitrogens with one attached hydrogen (secondary N) is 2. The fourth-order valence-corrected chi connectivity index (χ4v) is 1.84. The van der Waals surface area contributed by atoms with Gasteiger partial charge in [-0.05, 0) is 30.7 Å². The van der Waals surface area contributed by atoms with Crippen molar-refractivity contribution in [2.24, 2.45) is 0 Å². The zero-order valence-corrected chi connectivity index (χ0v) is 12.2. The molecule has 0 aliphatic carbocycles. The summed E-state index contributed by atoms with van der Waals surface area (Å²) in [7, 11) is 1.62. The number of pyridine rings is 1. The summed E-state index contributed by atoms with van der Waals surface area (Å²) in [5.74, 6) is 0.545. The van der Waals surface area contributed by atoms with Crippen LogP contribution in [0.4, 0.5) is 5.69 Å². The first-order valence-electron chi connectivity index (χ1n) is 6.86. The van der Waals surface area contributed by atoms with Crippen LogP contribution in [-0.2, 0) is 6.54 Å². The lowest BCUT2D eigenvalue weighted by Crippen LogP contribution is -2.17. The van der Waals surface area contributed by atoms with Crippen molar-refractivity contribution in [2.45, 2.75) is 13.5 Å². The van der Waals surface area contributed by atoms with E-state index < -0.39 is 0 Å². The average Bonchev–Trinajstić information content (AvgIpc) is 2.54. The Bertz CT molecular complexity index is 579. The Kier molecular flexibility index (Phi) is 5.15. The van der Waals surface area contributed by atoms with E-state index >= 15 is 0 Å². The van der Waals surface area contributed by atoms with Gasteiger partial charge in [-0.15, -0.1) is 0 Å². The van der Waals surface area contributed by atoms with Gasteiger partial charge in [0.2, 0.25) is 5.88 Å². The summed E-state index contributed by atoms with van der Waals surface area (Å²) in [4.78, 5) is 15.6. The van der Waals surface area contributed by atoms with Gasteiger partial charge >= 0.3 is 0 Å². The smallest absolute Gasteiger partial charge is 0.251 e. The molecule has 2 rings (SSSR count). The normalized spacial score (nSPS) is 10.0. The highest BCUT2D eigenvalue weighted by Crippen LogP contribution is 2.13. The van der Waals surface area contributed by atoms with Crippen LogP contribution in [0.25, 0.3) is 0 Å². The number of amides is 1. The van der Waals surface area contributed by atoms with Crippen molar-refractivity contribution in [3.63, 3.8) is 0 Å². The molecule has 110 valence electrons. The first-order valence-corrected chi connectivity index (χ1v) is 6.86. The topological polar surface area (TPSA) is 63.2 Å². The molecule has 2 aromatic rings. The third kappa shape index (κ3) is 4.21. The van der Waals surface area contributed by atoms with Crippen LogP contribution in [0.1, 0.15) is 22.8 Å². The Morgan fingerprint density at radius 3 is 2.52 bits per heavy atom. The Labute approximate surface area is 124 Å². The third-order valence-corrected chi connectivity index (χ3v) is 2.97. The molecular formula is C16H19N3O2. The number of carbonyl (C=O) groups excluding carboxylic acids is 1. The van der Waals surface area contributed by atoms with Crippen LogP contribution in [0.3, 0.4) is 0 Å². The Hall–Kier alpha value is -2.56. The van der Waals surface area contributed by atoms with E-state index in [0.29, 0.717) is 24.6 Å². The van der Waals surface area contributed by atoms with Crippen LogP contribution in [0.15, 0.2) is 42.6 Å². The van der Waals surface area contributed by atoms with Gasteiger partial charge in [-0.3, -0.25) is 4.79 Å². The van der Waals surface area contributed by atoms with Gasteiger partial charge in [-0.2, -0.15) is 0 Å². The second-order valence-corrected chi connectivity index (χ2v) is 4.45. The Morgan fingerprint density at radius 2 is 1.95 bits per heavy atom. The van der Waals surface area contributed by atoms with Crippen LogP contribution >= 0.6 is 0 Å². The molecule has 0 unspecified atom stereocenters. The largest absolute Gasteiger partial charge is 0.478 e. The zero-order valence-electron chi connectivity index (χ0n) is 12.2. The standard InChI is InChI=1S/C16H19N3O2/c1-3-21-15-9-8-14(11-19-15)18-10-12-4-6-13(7-5-12)16(20)17-2/h4-9,11,18H,3,10H2,1-2H3,(H,17,20). The number of aromatic nitrogens is 1. The average molecular weight is 285 g/mol. The van der Waals surface area contributed by atoms with Crippen molar-refractivity contribution in [3.8, 4) is 5.88 Å². The predicted octanol–water partition coefficient (Wildman–Crippen LogP) is 2.45. The van der Waals surface area contributed by atoms with Crippen molar-refractivity contribution in [3.05, 3.63) is 53.7 Å². The molecule has 1 aromatic carbocycles. The molecule has 1 heterocycles. The first-order chi connectivity index (χ1) is 10.2. The summed E-state index contributed by atoms with van der Waals surface area (Å²) < 4.78 is 5.29. The molecule has 0 bridgehead atoms. The monoisotopic (exact) mass is 285 g/mol. The minimum absolute atomic E-state index is 0.0785. The summed E-state index contributed by atoms with van der Waals surface area (Å²) in [5.41, 5.74) is 2.68. The number of nitrogens with zero attached hydrogens (tertiary/aromatic N) is 1. The molecule has 0 saturated heterocycles. The van der Waals surface area contributed by atoms with Gasteiger partial charge < -0.3 is 15.4 Å². The van der Waals surface area contributed by atoms with E-state index in [2.05, 4.69) is 15.6 Å². The molecule has 21 heavy (non-hydrogen) atoms. The molecule has 0 aliphatic heterocycles. The number of rotatable bonds is 6. The molecule has 0 atom stereocenters. The SMILES string of the molecule is CCOc1ccc(NCc2ccc(C(=O)NC)cc2)cn1. The van der Waals surface area contributed by atoms with Gasteiger partial charge in [0.15, 0.2) is 0 Å². The quantitative estimate of drug-likeness (QED) is 0.855. The van der Waals surface area contributed by atoms with Crippen LogP contribution in [0.2, 0.25) is 0 Å². The van der Waals surface area contributed by atoms with E-state index in [9.17, 15) is 4.79 Å². The highest BCUT2D eigenvalue weighted by Gasteiger charge is 2.02. The molecule has 5 nitrogen and oxygen atoms in total. The summed E-state index contributed by atoms with van der Waals surface area (Å²) in [6.45, 7) is 3.21. The molecule has 2 N–H and O–H groups in total.